The van der Waals surface area contributed by atoms with Gasteiger partial charge in [-0.15, -0.1) is 0 Å². The minimum atomic E-state index is 0.354. The fourth-order valence-corrected chi connectivity index (χ4v) is 2.00. The van der Waals surface area contributed by atoms with Crippen molar-refractivity contribution in [3.63, 3.8) is 0 Å². The predicted octanol–water partition coefficient (Wildman–Crippen LogP) is 1.62. The number of hydrogen-bond acceptors (Lipinski definition) is 3. The lowest BCUT2D eigenvalue weighted by Gasteiger charge is -2.06. The zero-order valence-corrected chi connectivity index (χ0v) is 8.87. The van der Waals surface area contributed by atoms with E-state index < -0.39 is 0 Å². The van der Waals surface area contributed by atoms with E-state index in [1.165, 1.54) is 5.69 Å². The van der Waals surface area contributed by atoms with Crippen LogP contribution in [0, 0.1) is 0 Å². The Labute approximate surface area is 83.8 Å². The number of rotatable bonds is 3. The maximum atomic E-state index is 5.81. The Kier molecular flexibility index (Phi) is 2.23. The van der Waals surface area contributed by atoms with E-state index in [9.17, 15) is 0 Å². The Morgan fingerprint density at radius 2 is 2.29 bits per heavy atom. The first-order valence-corrected chi connectivity index (χ1v) is 5.01. The van der Waals surface area contributed by atoms with Gasteiger partial charge >= 0.3 is 0 Å². The van der Waals surface area contributed by atoms with Crippen LogP contribution >= 0.6 is 0 Å². The fraction of sp³-hybridized carbons (Fsp3) is 0.700. The Morgan fingerprint density at radius 1 is 1.57 bits per heavy atom. The van der Waals surface area contributed by atoms with E-state index in [0.717, 1.165) is 12.0 Å². The number of ether oxygens (including phenoxy) is 1. The number of nitrogens with one attached hydrogen (secondary N) is 1. The van der Waals surface area contributed by atoms with Crippen LogP contribution in [-0.2, 0) is 4.74 Å². The van der Waals surface area contributed by atoms with Crippen molar-refractivity contribution in [1.29, 1.82) is 0 Å². The summed E-state index contributed by atoms with van der Waals surface area (Å²) in [4.78, 5) is 0. The summed E-state index contributed by atoms with van der Waals surface area (Å²) in [6.07, 6.45) is 1.44. The standard InChI is InChI=1S/C10H17N3O/c1-5(2)8-9(12-13-10(8)11)6-4-7(6)14-3/h5-7H,4H2,1-3H3,(H3,11,12,13). The number of nitrogens with zero attached hydrogens (tertiary/aromatic N) is 1. The summed E-state index contributed by atoms with van der Waals surface area (Å²) in [5, 5.41) is 7.09. The second-order valence-electron chi connectivity index (χ2n) is 4.21. The van der Waals surface area contributed by atoms with Gasteiger partial charge in [-0.25, -0.2) is 0 Å². The summed E-state index contributed by atoms with van der Waals surface area (Å²) in [5.41, 5.74) is 8.14. The maximum absolute atomic E-state index is 5.81. The molecular weight excluding hydrogens is 178 g/mol. The molecule has 0 spiro atoms. The van der Waals surface area contributed by atoms with Gasteiger partial charge in [-0.2, -0.15) is 5.10 Å². The van der Waals surface area contributed by atoms with Gasteiger partial charge in [0, 0.05) is 24.3 Å². The minimum absolute atomic E-state index is 0.354. The molecule has 2 atom stereocenters. The summed E-state index contributed by atoms with van der Waals surface area (Å²) in [7, 11) is 1.75. The molecule has 0 aliphatic heterocycles. The van der Waals surface area contributed by atoms with Gasteiger partial charge in [0.2, 0.25) is 0 Å². The molecular formula is C10H17N3O. The third kappa shape index (κ3) is 1.39. The molecule has 0 bridgehead atoms. The van der Waals surface area contributed by atoms with Crippen LogP contribution in [-0.4, -0.2) is 23.4 Å². The average molecular weight is 195 g/mol. The molecule has 1 aliphatic rings. The molecule has 2 rings (SSSR count). The Morgan fingerprint density at radius 3 is 2.79 bits per heavy atom. The van der Waals surface area contributed by atoms with Crippen LogP contribution < -0.4 is 5.73 Å². The van der Waals surface area contributed by atoms with Crippen molar-refractivity contribution in [2.45, 2.75) is 38.2 Å². The number of aromatic nitrogens is 2. The van der Waals surface area contributed by atoms with E-state index in [2.05, 4.69) is 24.0 Å². The molecule has 1 heterocycles. The Bertz CT molecular complexity index is 332. The van der Waals surface area contributed by atoms with Crippen molar-refractivity contribution in [1.82, 2.24) is 10.2 Å². The van der Waals surface area contributed by atoms with Crippen molar-refractivity contribution in [3.8, 4) is 0 Å². The summed E-state index contributed by atoms with van der Waals surface area (Å²) in [6, 6.07) is 0. The first-order chi connectivity index (χ1) is 6.65. The van der Waals surface area contributed by atoms with Gasteiger partial charge in [-0.3, -0.25) is 5.10 Å². The van der Waals surface area contributed by atoms with Gasteiger partial charge in [-0.05, 0) is 12.3 Å². The molecule has 1 aliphatic carbocycles. The first-order valence-electron chi connectivity index (χ1n) is 5.01. The molecule has 1 fully saturated rings. The SMILES string of the molecule is COC1CC1c1[nH]nc(N)c1C(C)C. The van der Waals surface area contributed by atoms with Gasteiger partial charge in [0.15, 0.2) is 0 Å². The highest BCUT2D eigenvalue weighted by atomic mass is 16.5. The first kappa shape index (κ1) is 9.52. The molecule has 14 heavy (non-hydrogen) atoms. The van der Waals surface area contributed by atoms with E-state index in [1.807, 2.05) is 0 Å². The highest BCUT2D eigenvalue weighted by Gasteiger charge is 2.42. The highest BCUT2D eigenvalue weighted by Crippen LogP contribution is 2.45. The normalized spacial score (nSPS) is 25.7. The smallest absolute Gasteiger partial charge is 0.148 e. The van der Waals surface area contributed by atoms with Gasteiger partial charge in [0.25, 0.3) is 0 Å². The Balaban J connectivity index is 2.26. The third-order valence-electron chi connectivity index (χ3n) is 2.85. The molecule has 78 valence electrons. The van der Waals surface area contributed by atoms with E-state index in [1.54, 1.807) is 7.11 Å². The van der Waals surface area contributed by atoms with Gasteiger partial charge in [0.05, 0.1) is 6.10 Å². The van der Waals surface area contributed by atoms with Crippen molar-refractivity contribution in [2.24, 2.45) is 0 Å². The van der Waals surface area contributed by atoms with Gasteiger partial charge in [-0.1, -0.05) is 13.8 Å². The second kappa shape index (κ2) is 3.28. The summed E-state index contributed by atoms with van der Waals surface area (Å²) in [6.45, 7) is 4.27. The fourth-order valence-electron chi connectivity index (χ4n) is 2.00. The minimum Gasteiger partial charge on any atom is -0.382 e. The zero-order chi connectivity index (χ0) is 10.3. The molecule has 4 heteroatoms. The number of aromatic amines is 1. The van der Waals surface area contributed by atoms with Crippen LogP contribution in [0.25, 0.3) is 0 Å². The van der Waals surface area contributed by atoms with Crippen LogP contribution in [0.2, 0.25) is 0 Å². The molecule has 0 aromatic carbocycles. The summed E-state index contributed by atoms with van der Waals surface area (Å²) in [5.74, 6) is 1.53. The second-order valence-corrected chi connectivity index (χ2v) is 4.21. The van der Waals surface area contributed by atoms with Crippen molar-refractivity contribution in [3.05, 3.63) is 11.3 Å². The van der Waals surface area contributed by atoms with Crippen LogP contribution in [0.5, 0.6) is 0 Å². The van der Waals surface area contributed by atoms with Crippen molar-refractivity contribution in [2.75, 3.05) is 12.8 Å². The third-order valence-corrected chi connectivity index (χ3v) is 2.85. The zero-order valence-electron chi connectivity index (χ0n) is 8.87. The van der Waals surface area contributed by atoms with E-state index >= 15 is 0 Å². The monoisotopic (exact) mass is 195 g/mol. The number of methoxy groups -OCH3 is 1. The van der Waals surface area contributed by atoms with E-state index in [0.29, 0.717) is 23.8 Å². The molecule has 4 nitrogen and oxygen atoms in total. The highest BCUT2D eigenvalue weighted by molar-refractivity contribution is 5.47. The largest absolute Gasteiger partial charge is 0.382 e. The maximum Gasteiger partial charge on any atom is 0.148 e. The van der Waals surface area contributed by atoms with E-state index in [-0.39, 0.29) is 0 Å². The molecule has 0 amide bonds. The number of nitrogen functional groups attached to an aromatic ring is 1. The van der Waals surface area contributed by atoms with Crippen molar-refractivity contribution < 1.29 is 4.74 Å². The average Bonchev–Trinajstić information content (AvgIpc) is 2.82. The number of hydrogen-bond donors (Lipinski definition) is 2. The molecule has 1 aromatic rings. The van der Waals surface area contributed by atoms with Crippen LogP contribution in [0.3, 0.4) is 0 Å². The van der Waals surface area contributed by atoms with Crippen LogP contribution in [0.15, 0.2) is 0 Å². The lowest BCUT2D eigenvalue weighted by atomic mass is 10.0. The number of anilines is 1. The Hall–Kier alpha value is -1.03. The number of H-pyrrole nitrogens is 1. The summed E-state index contributed by atoms with van der Waals surface area (Å²) >= 11 is 0. The number of nitrogens with two attached hydrogens (primary N) is 1. The topological polar surface area (TPSA) is 63.9 Å². The predicted molar refractivity (Wildman–Crippen MR) is 55.2 cm³/mol. The molecule has 2 unspecified atom stereocenters. The quantitative estimate of drug-likeness (QED) is 0.770. The van der Waals surface area contributed by atoms with E-state index in [4.69, 9.17) is 10.5 Å². The van der Waals surface area contributed by atoms with Gasteiger partial charge < -0.3 is 10.5 Å². The van der Waals surface area contributed by atoms with Crippen molar-refractivity contribution >= 4 is 5.82 Å². The molecule has 0 saturated heterocycles. The lowest BCUT2D eigenvalue weighted by molar-refractivity contribution is 0.177. The van der Waals surface area contributed by atoms with Gasteiger partial charge in [0.1, 0.15) is 5.82 Å². The molecule has 1 aromatic heterocycles. The molecule has 3 N–H and O–H groups in total. The van der Waals surface area contributed by atoms with Crippen LogP contribution in [0.1, 0.15) is 43.4 Å². The molecule has 0 radical (unpaired) electrons. The lowest BCUT2D eigenvalue weighted by Crippen LogP contribution is -1.99. The molecule has 1 saturated carbocycles. The van der Waals surface area contributed by atoms with Crippen LogP contribution in [0.4, 0.5) is 5.82 Å². The summed E-state index contributed by atoms with van der Waals surface area (Å²) < 4.78 is 5.28.